The zero-order chi connectivity index (χ0) is 9.26. The molecule has 0 radical (unpaired) electrons. The predicted octanol–water partition coefficient (Wildman–Crippen LogP) is 1.97. The van der Waals surface area contributed by atoms with Gasteiger partial charge in [0.2, 0.25) is 0 Å². The Morgan fingerprint density at radius 2 is 2.00 bits per heavy atom. The van der Waals surface area contributed by atoms with Crippen LogP contribution in [0.4, 0.5) is 10.5 Å². The summed E-state index contributed by atoms with van der Waals surface area (Å²) in [5.74, 6) is 0. The normalized spacial score (nSPS) is 16.2. The molecular formula is C9H7NO2S. The molecule has 1 aliphatic rings. The average molecular weight is 193 g/mol. The van der Waals surface area contributed by atoms with Crippen molar-refractivity contribution in [2.75, 3.05) is 11.5 Å². The molecule has 0 aromatic heterocycles. The van der Waals surface area contributed by atoms with Crippen molar-refractivity contribution in [3.05, 3.63) is 30.3 Å². The van der Waals surface area contributed by atoms with Gasteiger partial charge in [0, 0.05) is 0 Å². The van der Waals surface area contributed by atoms with Crippen LogP contribution in [0.2, 0.25) is 0 Å². The maximum absolute atomic E-state index is 11.2. The van der Waals surface area contributed by atoms with Crippen molar-refractivity contribution >= 4 is 29.0 Å². The molecule has 0 bridgehead atoms. The van der Waals surface area contributed by atoms with Crippen molar-refractivity contribution < 1.29 is 9.53 Å². The van der Waals surface area contributed by atoms with Crippen LogP contribution in [-0.4, -0.2) is 17.7 Å². The molecule has 1 aromatic carbocycles. The second kappa shape index (κ2) is 3.14. The fourth-order valence-electron chi connectivity index (χ4n) is 1.18. The lowest BCUT2D eigenvalue weighted by Gasteiger charge is -2.11. The number of amides is 1. The number of nitrogens with zero attached hydrogens (tertiary/aromatic N) is 1. The standard InChI is InChI=1S/C9H7NO2S/c11-9-10(8(13)6-12-9)7-4-2-1-3-5-7/h1-5H,6H2. The SMILES string of the molecule is O=C1OCC(=S)N1c1ccccc1. The number of cyclic esters (lactones) is 1. The number of rotatable bonds is 1. The number of ether oxygens (including phenoxy) is 1. The monoisotopic (exact) mass is 193 g/mol. The first kappa shape index (κ1) is 8.19. The Bertz CT molecular complexity index is 334. The lowest BCUT2D eigenvalue weighted by molar-refractivity contribution is 0.183. The smallest absolute Gasteiger partial charge is 0.419 e. The molecule has 0 unspecified atom stereocenters. The molecule has 3 nitrogen and oxygen atoms in total. The summed E-state index contributed by atoms with van der Waals surface area (Å²) in [5.41, 5.74) is 0.759. The fraction of sp³-hybridized carbons (Fsp3) is 0.111. The fourth-order valence-corrected chi connectivity index (χ4v) is 1.42. The molecule has 1 amide bonds. The van der Waals surface area contributed by atoms with Crippen molar-refractivity contribution in [2.45, 2.75) is 0 Å². The molecular weight excluding hydrogens is 186 g/mol. The van der Waals surface area contributed by atoms with Crippen LogP contribution in [0.25, 0.3) is 0 Å². The van der Waals surface area contributed by atoms with Gasteiger partial charge >= 0.3 is 6.09 Å². The van der Waals surface area contributed by atoms with E-state index in [2.05, 4.69) is 0 Å². The van der Waals surface area contributed by atoms with Gasteiger partial charge in [0.15, 0.2) is 0 Å². The van der Waals surface area contributed by atoms with E-state index in [0.717, 1.165) is 5.69 Å². The summed E-state index contributed by atoms with van der Waals surface area (Å²) in [4.78, 5) is 13.1. The van der Waals surface area contributed by atoms with Gasteiger partial charge in [0.1, 0.15) is 11.6 Å². The molecule has 1 aliphatic heterocycles. The Hall–Kier alpha value is -1.42. The molecule has 1 saturated heterocycles. The largest absolute Gasteiger partial charge is 0.442 e. The Balaban J connectivity index is 2.36. The van der Waals surface area contributed by atoms with Gasteiger partial charge < -0.3 is 4.74 Å². The van der Waals surface area contributed by atoms with Crippen molar-refractivity contribution in [1.29, 1.82) is 0 Å². The molecule has 1 aromatic rings. The number of benzene rings is 1. The molecule has 0 N–H and O–H groups in total. The van der Waals surface area contributed by atoms with Crippen LogP contribution >= 0.6 is 12.2 Å². The molecule has 2 rings (SSSR count). The van der Waals surface area contributed by atoms with Crippen LogP contribution in [-0.2, 0) is 4.74 Å². The van der Waals surface area contributed by atoms with E-state index in [0.29, 0.717) is 4.99 Å². The molecule has 0 atom stereocenters. The van der Waals surface area contributed by atoms with Gasteiger partial charge in [0.25, 0.3) is 0 Å². The Morgan fingerprint density at radius 1 is 1.31 bits per heavy atom. The third-order valence-corrected chi connectivity index (χ3v) is 2.07. The maximum atomic E-state index is 11.2. The van der Waals surface area contributed by atoms with E-state index in [4.69, 9.17) is 17.0 Å². The first-order valence-electron chi connectivity index (χ1n) is 3.84. The number of anilines is 1. The number of thiocarbonyl (C=S) groups is 1. The second-order valence-electron chi connectivity index (χ2n) is 2.62. The Morgan fingerprint density at radius 3 is 2.54 bits per heavy atom. The van der Waals surface area contributed by atoms with Crippen molar-refractivity contribution in [3.63, 3.8) is 0 Å². The molecule has 0 spiro atoms. The zero-order valence-electron chi connectivity index (χ0n) is 6.77. The summed E-state index contributed by atoms with van der Waals surface area (Å²) in [7, 11) is 0. The van der Waals surface area contributed by atoms with E-state index in [-0.39, 0.29) is 6.61 Å². The van der Waals surface area contributed by atoms with Crippen LogP contribution in [0.15, 0.2) is 30.3 Å². The second-order valence-corrected chi connectivity index (χ2v) is 3.09. The van der Waals surface area contributed by atoms with Gasteiger partial charge in [-0.15, -0.1) is 0 Å². The van der Waals surface area contributed by atoms with Crippen molar-refractivity contribution in [1.82, 2.24) is 0 Å². The first-order chi connectivity index (χ1) is 6.29. The predicted molar refractivity (Wildman–Crippen MR) is 52.9 cm³/mol. The summed E-state index contributed by atoms with van der Waals surface area (Å²) in [6, 6.07) is 9.22. The lowest BCUT2D eigenvalue weighted by Crippen LogP contribution is -2.27. The number of carbonyl (C=O) groups is 1. The van der Waals surface area contributed by atoms with Crippen LogP contribution < -0.4 is 4.90 Å². The van der Waals surface area contributed by atoms with E-state index in [1.807, 2.05) is 30.3 Å². The van der Waals surface area contributed by atoms with Gasteiger partial charge in [-0.3, -0.25) is 0 Å². The number of carbonyl (C=O) groups excluding carboxylic acids is 1. The van der Waals surface area contributed by atoms with Crippen LogP contribution in [0, 0.1) is 0 Å². The summed E-state index contributed by atoms with van der Waals surface area (Å²) >= 11 is 4.98. The highest BCUT2D eigenvalue weighted by Gasteiger charge is 2.28. The van der Waals surface area contributed by atoms with Gasteiger partial charge in [0.05, 0.1) is 5.69 Å². The first-order valence-corrected chi connectivity index (χ1v) is 4.24. The van der Waals surface area contributed by atoms with Crippen molar-refractivity contribution in [3.8, 4) is 0 Å². The lowest BCUT2D eigenvalue weighted by atomic mass is 10.3. The summed E-state index contributed by atoms with van der Waals surface area (Å²) < 4.78 is 4.78. The quantitative estimate of drug-likeness (QED) is 0.638. The van der Waals surface area contributed by atoms with Gasteiger partial charge in [-0.2, -0.15) is 0 Å². The highest BCUT2D eigenvalue weighted by atomic mass is 32.1. The average Bonchev–Trinajstić information content (AvgIpc) is 2.48. The minimum Gasteiger partial charge on any atom is -0.442 e. The summed E-state index contributed by atoms with van der Waals surface area (Å²) in [5, 5.41) is 0. The zero-order valence-corrected chi connectivity index (χ0v) is 7.58. The van der Waals surface area contributed by atoms with E-state index < -0.39 is 6.09 Å². The van der Waals surface area contributed by atoms with E-state index in [1.54, 1.807) is 0 Å². The van der Waals surface area contributed by atoms with E-state index >= 15 is 0 Å². The third-order valence-electron chi connectivity index (χ3n) is 1.77. The van der Waals surface area contributed by atoms with E-state index in [1.165, 1.54) is 4.90 Å². The molecule has 1 fully saturated rings. The minimum absolute atomic E-state index is 0.211. The molecule has 66 valence electrons. The highest BCUT2D eigenvalue weighted by molar-refractivity contribution is 7.80. The Kier molecular flexibility index (Phi) is 1.98. The third kappa shape index (κ3) is 1.40. The van der Waals surface area contributed by atoms with E-state index in [9.17, 15) is 4.79 Å². The summed E-state index contributed by atoms with van der Waals surface area (Å²) in [6.45, 7) is 0.211. The minimum atomic E-state index is -0.392. The van der Waals surface area contributed by atoms with Gasteiger partial charge in [-0.05, 0) is 12.1 Å². The number of hydrogen-bond donors (Lipinski definition) is 0. The van der Waals surface area contributed by atoms with Gasteiger partial charge in [-0.1, -0.05) is 30.4 Å². The Labute approximate surface area is 80.9 Å². The van der Waals surface area contributed by atoms with Crippen LogP contribution in [0.3, 0.4) is 0 Å². The number of hydrogen-bond acceptors (Lipinski definition) is 3. The molecule has 4 heteroatoms. The summed E-state index contributed by atoms with van der Waals surface area (Å²) in [6.07, 6.45) is -0.392. The highest BCUT2D eigenvalue weighted by Crippen LogP contribution is 2.19. The molecule has 0 aliphatic carbocycles. The molecule has 0 saturated carbocycles. The molecule has 1 heterocycles. The van der Waals surface area contributed by atoms with Crippen LogP contribution in [0.1, 0.15) is 0 Å². The van der Waals surface area contributed by atoms with Crippen LogP contribution in [0.5, 0.6) is 0 Å². The van der Waals surface area contributed by atoms with Gasteiger partial charge in [-0.25, -0.2) is 9.69 Å². The topological polar surface area (TPSA) is 29.5 Å². The molecule has 13 heavy (non-hydrogen) atoms. The van der Waals surface area contributed by atoms with Crippen molar-refractivity contribution in [2.24, 2.45) is 0 Å². The maximum Gasteiger partial charge on any atom is 0.419 e. The number of para-hydroxylation sites is 1.